The molecule has 2 aliphatic heterocycles. The molecule has 3 rings (SSSR count). The summed E-state index contributed by atoms with van der Waals surface area (Å²) in [6.45, 7) is 7.74. The SMILES string of the molecule is CCC(CC)C1CC(NC(=NCC2CCCCO2)NCCc2ccco2)CCO1. The summed E-state index contributed by atoms with van der Waals surface area (Å²) in [6, 6.07) is 4.35. The normalized spacial score (nSPS) is 25.9. The number of nitrogens with one attached hydrogen (secondary N) is 2. The molecule has 0 saturated carbocycles. The molecule has 1 aromatic rings. The van der Waals surface area contributed by atoms with Crippen LogP contribution in [0.15, 0.2) is 27.8 Å². The highest BCUT2D eigenvalue weighted by Gasteiger charge is 2.28. The largest absolute Gasteiger partial charge is 0.469 e. The number of hydrogen-bond acceptors (Lipinski definition) is 4. The lowest BCUT2D eigenvalue weighted by molar-refractivity contribution is -0.0324. The van der Waals surface area contributed by atoms with E-state index in [2.05, 4.69) is 24.5 Å². The van der Waals surface area contributed by atoms with Crippen molar-refractivity contribution in [1.29, 1.82) is 0 Å². The second-order valence-corrected chi connectivity index (χ2v) is 8.29. The minimum Gasteiger partial charge on any atom is -0.469 e. The highest BCUT2D eigenvalue weighted by Crippen LogP contribution is 2.25. The third-order valence-corrected chi connectivity index (χ3v) is 6.20. The second-order valence-electron chi connectivity index (χ2n) is 8.29. The average Bonchev–Trinajstić information content (AvgIpc) is 3.27. The van der Waals surface area contributed by atoms with Crippen LogP contribution in [0.1, 0.15) is 64.6 Å². The summed E-state index contributed by atoms with van der Waals surface area (Å²) < 4.78 is 17.4. The van der Waals surface area contributed by atoms with Crippen LogP contribution in [0.25, 0.3) is 0 Å². The molecule has 0 aromatic carbocycles. The van der Waals surface area contributed by atoms with E-state index < -0.39 is 0 Å². The molecule has 6 nitrogen and oxygen atoms in total. The molecule has 164 valence electrons. The van der Waals surface area contributed by atoms with E-state index in [1.54, 1.807) is 6.26 Å². The predicted octanol–water partition coefficient (Wildman–Crippen LogP) is 3.91. The summed E-state index contributed by atoms with van der Waals surface area (Å²) in [5, 5.41) is 7.18. The molecule has 0 aliphatic carbocycles. The van der Waals surface area contributed by atoms with Crippen molar-refractivity contribution < 1.29 is 13.9 Å². The van der Waals surface area contributed by atoms with Crippen molar-refractivity contribution in [2.75, 3.05) is 26.3 Å². The van der Waals surface area contributed by atoms with E-state index >= 15 is 0 Å². The minimum atomic E-state index is 0.249. The monoisotopic (exact) mass is 405 g/mol. The number of rotatable bonds is 9. The molecular formula is C23H39N3O3. The fraction of sp³-hybridized carbons (Fsp3) is 0.783. The highest BCUT2D eigenvalue weighted by atomic mass is 16.5. The van der Waals surface area contributed by atoms with Gasteiger partial charge in [0.2, 0.25) is 0 Å². The van der Waals surface area contributed by atoms with Crippen molar-refractivity contribution in [3.8, 4) is 0 Å². The Bertz CT molecular complexity index is 580. The Hall–Kier alpha value is -1.53. The molecule has 0 spiro atoms. The molecule has 6 heteroatoms. The van der Waals surface area contributed by atoms with Crippen LogP contribution in [0.5, 0.6) is 0 Å². The Morgan fingerprint density at radius 3 is 2.79 bits per heavy atom. The van der Waals surface area contributed by atoms with E-state index in [1.165, 1.54) is 25.7 Å². The number of hydrogen-bond donors (Lipinski definition) is 2. The molecule has 0 amide bonds. The van der Waals surface area contributed by atoms with Crippen molar-refractivity contribution in [3.05, 3.63) is 24.2 Å². The Labute approximate surface area is 175 Å². The lowest BCUT2D eigenvalue weighted by Crippen LogP contribution is -2.49. The molecule has 3 heterocycles. The van der Waals surface area contributed by atoms with Gasteiger partial charge in [-0.1, -0.05) is 26.7 Å². The van der Waals surface area contributed by atoms with Gasteiger partial charge in [0.25, 0.3) is 0 Å². The first-order chi connectivity index (χ1) is 14.3. The van der Waals surface area contributed by atoms with Gasteiger partial charge in [-0.2, -0.15) is 0 Å². The van der Waals surface area contributed by atoms with E-state index in [1.807, 2.05) is 12.1 Å². The molecule has 1 aromatic heterocycles. The van der Waals surface area contributed by atoms with Crippen LogP contribution in [-0.4, -0.2) is 50.5 Å². The highest BCUT2D eigenvalue weighted by molar-refractivity contribution is 5.80. The van der Waals surface area contributed by atoms with Gasteiger partial charge in [-0.05, 0) is 50.2 Å². The molecule has 2 aliphatic rings. The topological polar surface area (TPSA) is 68.0 Å². The Morgan fingerprint density at radius 1 is 1.17 bits per heavy atom. The first-order valence-corrected chi connectivity index (χ1v) is 11.6. The van der Waals surface area contributed by atoms with Crippen LogP contribution in [0.4, 0.5) is 0 Å². The van der Waals surface area contributed by atoms with Crippen LogP contribution < -0.4 is 10.6 Å². The van der Waals surface area contributed by atoms with Gasteiger partial charge in [0.05, 0.1) is 25.0 Å². The molecule has 3 atom stereocenters. The molecule has 3 unspecified atom stereocenters. The third kappa shape index (κ3) is 7.34. The number of guanidine groups is 1. The lowest BCUT2D eigenvalue weighted by Gasteiger charge is -2.35. The third-order valence-electron chi connectivity index (χ3n) is 6.20. The van der Waals surface area contributed by atoms with Crippen LogP contribution >= 0.6 is 0 Å². The minimum absolute atomic E-state index is 0.249. The van der Waals surface area contributed by atoms with E-state index in [-0.39, 0.29) is 6.10 Å². The van der Waals surface area contributed by atoms with E-state index in [4.69, 9.17) is 18.9 Å². The summed E-state index contributed by atoms with van der Waals surface area (Å²) in [7, 11) is 0. The van der Waals surface area contributed by atoms with Crippen molar-refractivity contribution >= 4 is 5.96 Å². The van der Waals surface area contributed by atoms with Crippen LogP contribution in [0, 0.1) is 5.92 Å². The maximum Gasteiger partial charge on any atom is 0.191 e. The molecular weight excluding hydrogens is 366 g/mol. The van der Waals surface area contributed by atoms with E-state index in [0.29, 0.717) is 18.1 Å². The second kappa shape index (κ2) is 12.2. The number of ether oxygens (including phenoxy) is 2. The van der Waals surface area contributed by atoms with E-state index in [9.17, 15) is 0 Å². The zero-order valence-corrected chi connectivity index (χ0v) is 18.2. The smallest absolute Gasteiger partial charge is 0.191 e. The predicted molar refractivity (Wildman–Crippen MR) is 116 cm³/mol. The van der Waals surface area contributed by atoms with Crippen LogP contribution in [-0.2, 0) is 15.9 Å². The Morgan fingerprint density at radius 2 is 2.07 bits per heavy atom. The molecule has 2 saturated heterocycles. The number of nitrogens with zero attached hydrogens (tertiary/aromatic N) is 1. The lowest BCUT2D eigenvalue weighted by atomic mass is 9.89. The van der Waals surface area contributed by atoms with Gasteiger partial charge >= 0.3 is 0 Å². The van der Waals surface area contributed by atoms with Crippen molar-refractivity contribution in [2.45, 2.75) is 83.5 Å². The number of aliphatic imine (C=N–C) groups is 1. The molecule has 2 N–H and O–H groups in total. The molecule has 29 heavy (non-hydrogen) atoms. The average molecular weight is 406 g/mol. The maximum absolute atomic E-state index is 6.09. The van der Waals surface area contributed by atoms with Crippen LogP contribution in [0.2, 0.25) is 0 Å². The number of furan rings is 1. The van der Waals surface area contributed by atoms with Crippen molar-refractivity contribution in [2.24, 2.45) is 10.9 Å². The summed E-state index contributed by atoms with van der Waals surface area (Å²) in [5.41, 5.74) is 0. The summed E-state index contributed by atoms with van der Waals surface area (Å²) in [6.07, 6.45) is 11.1. The summed E-state index contributed by atoms with van der Waals surface area (Å²) in [4.78, 5) is 4.87. The van der Waals surface area contributed by atoms with Crippen molar-refractivity contribution in [1.82, 2.24) is 10.6 Å². The van der Waals surface area contributed by atoms with Gasteiger partial charge in [0.1, 0.15) is 5.76 Å². The van der Waals surface area contributed by atoms with Gasteiger partial charge < -0.3 is 24.5 Å². The fourth-order valence-corrected chi connectivity index (χ4v) is 4.35. The summed E-state index contributed by atoms with van der Waals surface area (Å²) in [5.74, 6) is 2.52. The van der Waals surface area contributed by atoms with Gasteiger partial charge in [0.15, 0.2) is 5.96 Å². The molecule has 2 fully saturated rings. The first kappa shape index (κ1) is 22.2. The maximum atomic E-state index is 6.09. The van der Waals surface area contributed by atoms with Gasteiger partial charge in [0, 0.05) is 32.2 Å². The Kier molecular flexibility index (Phi) is 9.35. The Balaban J connectivity index is 1.55. The fourth-order valence-electron chi connectivity index (χ4n) is 4.35. The van der Waals surface area contributed by atoms with Gasteiger partial charge in [-0.3, -0.25) is 4.99 Å². The van der Waals surface area contributed by atoms with E-state index in [0.717, 1.165) is 63.7 Å². The quantitative estimate of drug-likeness (QED) is 0.482. The van der Waals surface area contributed by atoms with Gasteiger partial charge in [-0.25, -0.2) is 0 Å². The summed E-state index contributed by atoms with van der Waals surface area (Å²) >= 11 is 0. The standard InChI is InChI=1S/C23H39N3O3/c1-3-18(4-2)22-16-19(11-15-29-22)26-23(24-12-10-20-9-7-14-27-20)25-17-21-8-5-6-13-28-21/h7,9,14,18-19,21-22H,3-6,8,10-13,15-17H2,1-2H3,(H2,24,25,26). The van der Waals surface area contributed by atoms with Crippen LogP contribution in [0.3, 0.4) is 0 Å². The zero-order chi connectivity index (χ0) is 20.3. The van der Waals surface area contributed by atoms with Crippen molar-refractivity contribution in [3.63, 3.8) is 0 Å². The zero-order valence-electron chi connectivity index (χ0n) is 18.2. The van der Waals surface area contributed by atoms with Gasteiger partial charge in [-0.15, -0.1) is 0 Å². The first-order valence-electron chi connectivity index (χ1n) is 11.6. The molecule has 0 bridgehead atoms. The molecule has 0 radical (unpaired) electrons.